The molecule has 2 saturated carbocycles. The van der Waals surface area contributed by atoms with Gasteiger partial charge in [-0.3, -0.25) is 0 Å². The van der Waals surface area contributed by atoms with Crippen LogP contribution in [-0.2, 0) is 4.74 Å². The zero-order valence-electron chi connectivity index (χ0n) is 9.01. The number of rotatable bonds is 2. The van der Waals surface area contributed by atoms with Gasteiger partial charge in [-0.1, -0.05) is 0 Å². The highest BCUT2D eigenvalue weighted by molar-refractivity contribution is 4.96. The minimum absolute atomic E-state index is 0.0472. The second kappa shape index (κ2) is 4.35. The van der Waals surface area contributed by atoms with E-state index in [4.69, 9.17) is 27.7 Å². The summed E-state index contributed by atoms with van der Waals surface area (Å²) >= 11 is 0. The van der Waals surface area contributed by atoms with E-state index in [0.29, 0.717) is 0 Å². The minimum Gasteiger partial charge on any atom is -0.372 e. The molecule has 2 fully saturated rings. The van der Waals surface area contributed by atoms with E-state index in [1.807, 2.05) is 0 Å². The highest BCUT2D eigenvalue weighted by Crippen LogP contribution is 2.26. The topological polar surface area (TPSA) is 113 Å². The lowest BCUT2D eigenvalue weighted by Crippen LogP contribution is -2.49. The highest BCUT2D eigenvalue weighted by Gasteiger charge is 2.38. The maximum atomic E-state index is 5.96. The summed E-state index contributed by atoms with van der Waals surface area (Å²) in [6.07, 6.45) is 3.92. The van der Waals surface area contributed by atoms with Gasteiger partial charge in [-0.05, 0) is 25.7 Å². The SMILES string of the molecule is NC1CCC(OC2CCC(N)C2N)C1N. The van der Waals surface area contributed by atoms with E-state index >= 15 is 0 Å². The number of ether oxygens (including phenoxy) is 1. The molecule has 8 N–H and O–H groups in total. The predicted octanol–water partition coefficient (Wildman–Crippen LogP) is -1.36. The van der Waals surface area contributed by atoms with Gasteiger partial charge >= 0.3 is 0 Å². The Labute approximate surface area is 90.5 Å². The maximum Gasteiger partial charge on any atom is 0.0746 e. The van der Waals surface area contributed by atoms with Crippen LogP contribution in [0.3, 0.4) is 0 Å². The lowest BCUT2D eigenvalue weighted by Gasteiger charge is -2.26. The van der Waals surface area contributed by atoms with Crippen LogP contribution >= 0.6 is 0 Å². The van der Waals surface area contributed by atoms with Crippen LogP contribution in [0.1, 0.15) is 25.7 Å². The lowest BCUT2D eigenvalue weighted by molar-refractivity contribution is -0.0204. The van der Waals surface area contributed by atoms with Gasteiger partial charge in [0, 0.05) is 24.2 Å². The van der Waals surface area contributed by atoms with Crippen LogP contribution < -0.4 is 22.9 Å². The monoisotopic (exact) mass is 214 g/mol. The van der Waals surface area contributed by atoms with Crippen LogP contribution in [0.15, 0.2) is 0 Å². The Balaban J connectivity index is 1.87. The van der Waals surface area contributed by atoms with E-state index in [2.05, 4.69) is 0 Å². The number of hydrogen-bond donors (Lipinski definition) is 4. The molecule has 0 aromatic heterocycles. The number of hydrogen-bond acceptors (Lipinski definition) is 5. The molecule has 0 spiro atoms. The van der Waals surface area contributed by atoms with Crippen molar-refractivity contribution in [2.75, 3.05) is 0 Å². The first-order valence-corrected chi connectivity index (χ1v) is 5.77. The van der Waals surface area contributed by atoms with Crippen LogP contribution in [-0.4, -0.2) is 36.4 Å². The quantitative estimate of drug-likeness (QED) is 0.453. The molecule has 0 amide bonds. The number of nitrogens with two attached hydrogens (primary N) is 4. The summed E-state index contributed by atoms with van der Waals surface area (Å²) in [6.45, 7) is 0. The van der Waals surface area contributed by atoms with Crippen molar-refractivity contribution >= 4 is 0 Å². The molecule has 5 nitrogen and oxygen atoms in total. The van der Waals surface area contributed by atoms with Gasteiger partial charge in [0.1, 0.15) is 0 Å². The fraction of sp³-hybridized carbons (Fsp3) is 1.00. The molecule has 0 saturated heterocycles. The largest absolute Gasteiger partial charge is 0.372 e. The Morgan fingerprint density at radius 3 is 1.33 bits per heavy atom. The Hall–Kier alpha value is -0.200. The summed E-state index contributed by atoms with van der Waals surface area (Å²) in [5, 5.41) is 0. The minimum atomic E-state index is -0.0472. The summed E-state index contributed by atoms with van der Waals surface area (Å²) in [6, 6.07) is 0.0469. The third kappa shape index (κ3) is 2.16. The van der Waals surface area contributed by atoms with Gasteiger partial charge in [0.05, 0.1) is 12.2 Å². The normalized spacial score (nSPS) is 51.2. The second-order valence-electron chi connectivity index (χ2n) is 4.85. The molecule has 6 atom stereocenters. The Bertz CT molecular complexity index is 203. The van der Waals surface area contributed by atoms with Crippen molar-refractivity contribution in [2.24, 2.45) is 22.9 Å². The molecule has 0 aromatic carbocycles. The van der Waals surface area contributed by atoms with Crippen LogP contribution in [0, 0.1) is 0 Å². The van der Waals surface area contributed by atoms with E-state index in [-0.39, 0.29) is 36.4 Å². The van der Waals surface area contributed by atoms with Gasteiger partial charge in [0.2, 0.25) is 0 Å². The summed E-state index contributed by atoms with van der Waals surface area (Å²) in [7, 11) is 0. The standard InChI is InChI=1S/C10H22N4O/c11-5-1-3-7(9(5)13)15-8-4-2-6(12)10(8)14/h5-10H,1-4,11-14H2. The van der Waals surface area contributed by atoms with Gasteiger partial charge in [-0.2, -0.15) is 0 Å². The van der Waals surface area contributed by atoms with Crippen LogP contribution in [0.4, 0.5) is 0 Å². The van der Waals surface area contributed by atoms with Crippen molar-refractivity contribution in [1.29, 1.82) is 0 Å². The van der Waals surface area contributed by atoms with E-state index in [1.165, 1.54) is 0 Å². The third-order valence-electron chi connectivity index (χ3n) is 3.77. The first kappa shape index (κ1) is 11.3. The highest BCUT2D eigenvalue weighted by atomic mass is 16.5. The Morgan fingerprint density at radius 2 is 1.07 bits per heavy atom. The van der Waals surface area contributed by atoms with E-state index in [0.717, 1.165) is 25.7 Å². The molecule has 5 heteroatoms. The molecule has 0 aromatic rings. The van der Waals surface area contributed by atoms with Gasteiger partial charge in [-0.25, -0.2) is 0 Å². The van der Waals surface area contributed by atoms with Crippen LogP contribution in [0.5, 0.6) is 0 Å². The average Bonchev–Trinajstić information content (AvgIpc) is 2.68. The van der Waals surface area contributed by atoms with E-state index in [1.54, 1.807) is 0 Å². The zero-order valence-corrected chi connectivity index (χ0v) is 9.01. The average molecular weight is 214 g/mol. The molecule has 0 heterocycles. The van der Waals surface area contributed by atoms with Gasteiger partial charge < -0.3 is 27.7 Å². The first-order valence-electron chi connectivity index (χ1n) is 5.77. The van der Waals surface area contributed by atoms with Gasteiger partial charge in [0.15, 0.2) is 0 Å². The Kier molecular flexibility index (Phi) is 3.27. The van der Waals surface area contributed by atoms with E-state index in [9.17, 15) is 0 Å². The van der Waals surface area contributed by atoms with Crippen molar-refractivity contribution in [3.63, 3.8) is 0 Å². The molecule has 0 aliphatic heterocycles. The fourth-order valence-electron chi connectivity index (χ4n) is 2.58. The maximum absolute atomic E-state index is 5.96. The molecule has 2 aliphatic rings. The van der Waals surface area contributed by atoms with Gasteiger partial charge in [-0.15, -0.1) is 0 Å². The molecule has 0 bridgehead atoms. The van der Waals surface area contributed by atoms with Crippen molar-refractivity contribution in [3.8, 4) is 0 Å². The second-order valence-corrected chi connectivity index (χ2v) is 4.85. The molecular formula is C10H22N4O. The van der Waals surface area contributed by atoms with Crippen molar-refractivity contribution < 1.29 is 4.74 Å². The van der Waals surface area contributed by atoms with Gasteiger partial charge in [0.25, 0.3) is 0 Å². The fourth-order valence-corrected chi connectivity index (χ4v) is 2.58. The van der Waals surface area contributed by atoms with Crippen LogP contribution in [0.2, 0.25) is 0 Å². The van der Waals surface area contributed by atoms with Crippen molar-refractivity contribution in [2.45, 2.75) is 62.1 Å². The smallest absolute Gasteiger partial charge is 0.0746 e. The molecular weight excluding hydrogens is 192 g/mol. The third-order valence-corrected chi connectivity index (χ3v) is 3.77. The summed E-state index contributed by atoms with van der Waals surface area (Å²) in [5.41, 5.74) is 23.6. The summed E-state index contributed by atoms with van der Waals surface area (Å²) in [5.74, 6) is 0. The van der Waals surface area contributed by atoms with Crippen molar-refractivity contribution in [3.05, 3.63) is 0 Å². The lowest BCUT2D eigenvalue weighted by atomic mass is 10.1. The Morgan fingerprint density at radius 1 is 0.667 bits per heavy atom. The van der Waals surface area contributed by atoms with E-state index < -0.39 is 0 Å². The summed E-state index contributed by atoms with van der Waals surface area (Å²) < 4.78 is 5.93. The molecule has 2 aliphatic carbocycles. The molecule has 6 unspecified atom stereocenters. The predicted molar refractivity (Wildman–Crippen MR) is 59.0 cm³/mol. The molecule has 2 rings (SSSR count). The molecule has 88 valence electrons. The summed E-state index contributed by atoms with van der Waals surface area (Å²) in [4.78, 5) is 0. The molecule has 0 radical (unpaired) electrons. The molecule has 15 heavy (non-hydrogen) atoms. The van der Waals surface area contributed by atoms with Crippen molar-refractivity contribution in [1.82, 2.24) is 0 Å². The zero-order chi connectivity index (χ0) is 11.0. The first-order chi connectivity index (χ1) is 7.09. The van der Waals surface area contributed by atoms with Crippen LogP contribution in [0.25, 0.3) is 0 Å².